The van der Waals surface area contributed by atoms with Crippen molar-refractivity contribution < 1.29 is 24.3 Å². The molecular weight excluding hydrogens is 496 g/mol. The topological polar surface area (TPSA) is 192 Å². The summed E-state index contributed by atoms with van der Waals surface area (Å²) in [5.74, 6) is -2.20. The fraction of sp³-hybridized carbons (Fsp3) is 0.520. The zero-order valence-corrected chi connectivity index (χ0v) is 22.1. The molecule has 0 bridgehead atoms. The minimum absolute atomic E-state index is 0.0648. The Morgan fingerprint density at radius 1 is 0.973 bits per heavy atom. The molecule has 0 spiro atoms. The highest BCUT2D eigenvalue weighted by atomic mass is 32.2. The van der Waals surface area contributed by atoms with Gasteiger partial charge >= 0.3 is 5.97 Å². The number of aliphatic carboxylic acids is 1. The first-order chi connectivity index (χ1) is 17.7. The molecule has 1 heterocycles. The van der Waals surface area contributed by atoms with Crippen LogP contribution in [0, 0.1) is 0 Å². The van der Waals surface area contributed by atoms with Gasteiger partial charge in [0.05, 0.1) is 6.04 Å². The summed E-state index contributed by atoms with van der Waals surface area (Å²) < 4.78 is 0. The summed E-state index contributed by atoms with van der Waals surface area (Å²) in [5, 5.41) is 18.6. The molecule has 0 aliphatic heterocycles. The fourth-order valence-electron chi connectivity index (χ4n) is 3.83. The maximum atomic E-state index is 13.2. The van der Waals surface area contributed by atoms with Gasteiger partial charge in [-0.1, -0.05) is 18.2 Å². The van der Waals surface area contributed by atoms with Crippen molar-refractivity contribution in [2.24, 2.45) is 11.5 Å². The molecule has 9 N–H and O–H groups in total. The lowest BCUT2D eigenvalue weighted by atomic mass is 10.0. The van der Waals surface area contributed by atoms with Gasteiger partial charge in [0, 0.05) is 23.5 Å². The first-order valence-electron chi connectivity index (χ1n) is 12.3. The first kappa shape index (κ1) is 30.1. The number of aromatic nitrogens is 1. The number of unbranched alkanes of at least 4 members (excludes halogenated alkanes) is 1. The summed E-state index contributed by atoms with van der Waals surface area (Å²) in [6.07, 6.45) is 5.47. The van der Waals surface area contributed by atoms with Crippen molar-refractivity contribution in [3.63, 3.8) is 0 Å². The number of carbonyl (C=O) groups is 4. The molecule has 0 radical (unpaired) electrons. The van der Waals surface area contributed by atoms with Crippen LogP contribution in [0.3, 0.4) is 0 Å². The lowest BCUT2D eigenvalue weighted by molar-refractivity contribution is -0.142. The molecule has 2 rings (SSSR count). The van der Waals surface area contributed by atoms with Gasteiger partial charge in [-0.15, -0.1) is 0 Å². The van der Waals surface area contributed by atoms with Gasteiger partial charge in [-0.3, -0.25) is 14.4 Å². The second-order valence-electron chi connectivity index (χ2n) is 8.94. The molecule has 0 fully saturated rings. The number of fused-ring (bicyclic) bond motifs is 1. The molecule has 1 aromatic heterocycles. The number of rotatable bonds is 16. The zero-order valence-electron chi connectivity index (χ0n) is 21.3. The van der Waals surface area contributed by atoms with Crippen molar-refractivity contribution in [3.05, 3.63) is 36.0 Å². The van der Waals surface area contributed by atoms with Gasteiger partial charge in [-0.2, -0.15) is 11.8 Å². The molecule has 0 saturated carbocycles. The van der Waals surface area contributed by atoms with Gasteiger partial charge in [0.15, 0.2) is 0 Å². The van der Waals surface area contributed by atoms with Gasteiger partial charge in [-0.05, 0) is 62.8 Å². The van der Waals surface area contributed by atoms with Crippen molar-refractivity contribution in [3.8, 4) is 0 Å². The Morgan fingerprint density at radius 3 is 2.22 bits per heavy atom. The number of nitrogens with two attached hydrogens (primary N) is 2. The van der Waals surface area contributed by atoms with Gasteiger partial charge in [0.1, 0.15) is 18.1 Å². The predicted octanol–water partition coefficient (Wildman–Crippen LogP) is 0.479. The molecule has 1 aromatic carbocycles. The van der Waals surface area contributed by atoms with E-state index >= 15 is 0 Å². The number of benzene rings is 1. The third-order valence-corrected chi connectivity index (χ3v) is 6.59. The summed E-state index contributed by atoms with van der Waals surface area (Å²) in [6, 6.07) is 3.62. The van der Waals surface area contributed by atoms with E-state index in [2.05, 4.69) is 20.9 Å². The van der Waals surface area contributed by atoms with Gasteiger partial charge in [0.2, 0.25) is 17.7 Å². The van der Waals surface area contributed by atoms with E-state index in [1.54, 1.807) is 6.20 Å². The average molecular weight is 535 g/mol. The van der Waals surface area contributed by atoms with Crippen LogP contribution in [0.5, 0.6) is 0 Å². The molecule has 0 aliphatic carbocycles. The molecule has 12 heteroatoms. The SMILES string of the molecule is CSCCC(NC(=O)C(C)N)C(=O)NC(CCCCN)C(=O)NC(Cc1c[nH]c2ccccc12)C(=O)O. The number of thioether (sulfide) groups is 1. The summed E-state index contributed by atoms with van der Waals surface area (Å²) in [5.41, 5.74) is 12.8. The van der Waals surface area contributed by atoms with Crippen LogP contribution in [-0.4, -0.2) is 76.5 Å². The Labute approximate surface area is 220 Å². The number of H-pyrrole nitrogens is 1. The number of hydrogen-bond acceptors (Lipinski definition) is 7. The highest BCUT2D eigenvalue weighted by Crippen LogP contribution is 2.19. The van der Waals surface area contributed by atoms with Crippen molar-refractivity contribution in [2.45, 2.75) is 63.2 Å². The van der Waals surface area contributed by atoms with Crippen molar-refractivity contribution in [2.75, 3.05) is 18.6 Å². The van der Waals surface area contributed by atoms with Crippen molar-refractivity contribution in [1.82, 2.24) is 20.9 Å². The molecule has 4 atom stereocenters. The minimum atomic E-state index is -1.20. The minimum Gasteiger partial charge on any atom is -0.480 e. The molecule has 4 unspecified atom stereocenters. The predicted molar refractivity (Wildman–Crippen MR) is 145 cm³/mol. The lowest BCUT2D eigenvalue weighted by Crippen LogP contribution is -2.57. The maximum absolute atomic E-state index is 13.2. The summed E-state index contributed by atoms with van der Waals surface area (Å²) in [7, 11) is 0. The average Bonchev–Trinajstić information content (AvgIpc) is 3.27. The molecule has 2 aromatic rings. The Morgan fingerprint density at radius 2 is 1.59 bits per heavy atom. The van der Waals surface area contributed by atoms with Crippen LogP contribution in [0.15, 0.2) is 30.5 Å². The smallest absolute Gasteiger partial charge is 0.326 e. The monoisotopic (exact) mass is 534 g/mol. The van der Waals surface area contributed by atoms with E-state index in [9.17, 15) is 24.3 Å². The third kappa shape index (κ3) is 9.38. The van der Waals surface area contributed by atoms with E-state index in [0.29, 0.717) is 31.6 Å². The zero-order chi connectivity index (χ0) is 27.4. The van der Waals surface area contributed by atoms with E-state index in [0.717, 1.165) is 16.5 Å². The molecule has 37 heavy (non-hydrogen) atoms. The highest BCUT2D eigenvalue weighted by Gasteiger charge is 2.30. The van der Waals surface area contributed by atoms with Gasteiger partial charge in [0.25, 0.3) is 0 Å². The molecular formula is C25H38N6O5S. The van der Waals surface area contributed by atoms with E-state index < -0.39 is 47.9 Å². The van der Waals surface area contributed by atoms with Gasteiger partial charge in [-0.25, -0.2) is 4.79 Å². The lowest BCUT2D eigenvalue weighted by Gasteiger charge is -2.25. The van der Waals surface area contributed by atoms with Crippen LogP contribution in [0.1, 0.15) is 38.2 Å². The molecule has 204 valence electrons. The van der Waals surface area contributed by atoms with Crippen LogP contribution < -0.4 is 27.4 Å². The number of carboxylic acid groups (broad SMARTS) is 1. The first-order valence-corrected chi connectivity index (χ1v) is 13.7. The van der Waals surface area contributed by atoms with E-state index in [1.807, 2.05) is 30.5 Å². The van der Waals surface area contributed by atoms with Gasteiger partial charge < -0.3 is 37.5 Å². The number of hydrogen-bond donors (Lipinski definition) is 7. The van der Waals surface area contributed by atoms with E-state index in [1.165, 1.54) is 18.7 Å². The van der Waals surface area contributed by atoms with Crippen LogP contribution in [-0.2, 0) is 25.6 Å². The second-order valence-corrected chi connectivity index (χ2v) is 9.93. The molecule has 0 saturated heterocycles. The fourth-order valence-corrected chi connectivity index (χ4v) is 4.31. The standard InChI is InChI=1S/C25H38N6O5S/c1-15(27)22(32)29-20(10-12-37-2)24(34)30-19(9-5-6-11-26)23(33)31-21(25(35)36)13-16-14-28-18-8-4-3-7-17(16)18/h3-4,7-8,14-15,19-21,28H,5-6,9-13,26-27H2,1-2H3,(H,29,32)(H,30,34)(H,31,33)(H,35,36). The van der Waals surface area contributed by atoms with Crippen LogP contribution >= 0.6 is 11.8 Å². The van der Waals surface area contributed by atoms with Crippen molar-refractivity contribution in [1.29, 1.82) is 0 Å². The van der Waals surface area contributed by atoms with Crippen LogP contribution in [0.4, 0.5) is 0 Å². The molecule has 11 nitrogen and oxygen atoms in total. The maximum Gasteiger partial charge on any atom is 0.326 e. The van der Waals surface area contributed by atoms with E-state index in [4.69, 9.17) is 11.5 Å². The van der Waals surface area contributed by atoms with Crippen LogP contribution in [0.2, 0.25) is 0 Å². The Bertz CT molecular complexity index is 1060. The Kier molecular flexibility index (Phi) is 12.4. The Balaban J connectivity index is 2.16. The number of amides is 3. The molecule has 3 amide bonds. The number of nitrogens with one attached hydrogen (secondary N) is 4. The quantitative estimate of drug-likeness (QED) is 0.151. The normalized spacial score (nSPS) is 14.4. The number of carbonyl (C=O) groups excluding carboxylic acids is 3. The highest BCUT2D eigenvalue weighted by molar-refractivity contribution is 7.98. The summed E-state index contributed by atoms with van der Waals surface area (Å²) >= 11 is 1.52. The summed E-state index contributed by atoms with van der Waals surface area (Å²) in [4.78, 5) is 53.5. The number of para-hydroxylation sites is 1. The number of carboxylic acids is 1. The number of aromatic amines is 1. The van der Waals surface area contributed by atoms with E-state index in [-0.39, 0.29) is 12.8 Å². The Hall–Kier alpha value is -3.09. The summed E-state index contributed by atoms with van der Waals surface area (Å²) in [6.45, 7) is 1.93. The second kappa shape index (κ2) is 15.2. The largest absolute Gasteiger partial charge is 0.480 e. The molecule has 0 aliphatic rings. The van der Waals surface area contributed by atoms with Crippen molar-refractivity contribution >= 4 is 46.4 Å². The third-order valence-electron chi connectivity index (χ3n) is 5.95. The van der Waals surface area contributed by atoms with Crippen LogP contribution in [0.25, 0.3) is 10.9 Å².